The van der Waals surface area contributed by atoms with Gasteiger partial charge in [0.2, 0.25) is 11.8 Å². The van der Waals surface area contributed by atoms with Crippen LogP contribution in [0.2, 0.25) is 0 Å². The summed E-state index contributed by atoms with van der Waals surface area (Å²) in [5.41, 5.74) is 10.3. The van der Waals surface area contributed by atoms with Crippen LogP contribution in [0.4, 0.5) is 0 Å². The van der Waals surface area contributed by atoms with Crippen molar-refractivity contribution >= 4 is 17.6 Å². The van der Waals surface area contributed by atoms with E-state index in [1.54, 1.807) is 0 Å². The van der Waals surface area contributed by atoms with Crippen molar-refractivity contribution < 1.29 is 19.5 Å². The molecule has 0 aliphatic heterocycles. The number of ketones is 1. The summed E-state index contributed by atoms with van der Waals surface area (Å²) in [7, 11) is 0. The highest BCUT2D eigenvalue weighted by Gasteiger charge is 2.37. The molecule has 4 atom stereocenters. The quantitative estimate of drug-likeness (QED) is 0.627. The van der Waals surface area contributed by atoms with Gasteiger partial charge in [0.05, 0.1) is 6.10 Å². The van der Waals surface area contributed by atoms with Gasteiger partial charge in [0.15, 0.2) is 0 Å². The Bertz CT molecular complexity index is 394. The Hall–Kier alpha value is -1.43. The Balaban J connectivity index is 2.70. The minimum absolute atomic E-state index is 0.00792. The van der Waals surface area contributed by atoms with Gasteiger partial charge >= 0.3 is 0 Å². The van der Waals surface area contributed by atoms with Crippen molar-refractivity contribution in [3.05, 3.63) is 0 Å². The molecule has 21 heavy (non-hydrogen) atoms. The molecule has 120 valence electrons. The van der Waals surface area contributed by atoms with Gasteiger partial charge in [-0.1, -0.05) is 13.8 Å². The summed E-state index contributed by atoms with van der Waals surface area (Å²) >= 11 is 0. The second-order valence-corrected chi connectivity index (χ2v) is 6.50. The Morgan fingerprint density at radius 2 is 1.71 bits per heavy atom. The van der Waals surface area contributed by atoms with E-state index in [0.29, 0.717) is 12.3 Å². The highest BCUT2D eigenvalue weighted by molar-refractivity contribution is 5.84. The van der Waals surface area contributed by atoms with Crippen LogP contribution >= 0.6 is 0 Å². The molecule has 0 aromatic rings. The van der Waals surface area contributed by atoms with Crippen LogP contribution in [0.1, 0.15) is 46.0 Å². The summed E-state index contributed by atoms with van der Waals surface area (Å²) < 4.78 is 0. The van der Waals surface area contributed by atoms with Crippen LogP contribution in [0.15, 0.2) is 0 Å². The van der Waals surface area contributed by atoms with E-state index >= 15 is 0 Å². The third-order valence-electron chi connectivity index (χ3n) is 4.28. The number of carbonyl (C=O) groups is 3. The average molecular weight is 298 g/mol. The molecule has 0 saturated heterocycles. The Morgan fingerprint density at radius 3 is 2.19 bits per heavy atom. The standard InChI is InChI=1S/C15H26N2O4/c1-8-3-9(2)15(21)11(4-8)12(18)5-10(6-13(16)19)7-14(17)20/h8-12,18H,3-7H2,1-2H3,(H2,16,19)(H2,17,20). The van der Waals surface area contributed by atoms with Gasteiger partial charge in [-0.3, -0.25) is 14.4 Å². The summed E-state index contributed by atoms with van der Waals surface area (Å²) in [5.74, 6) is -1.52. The summed E-state index contributed by atoms with van der Waals surface area (Å²) in [6.45, 7) is 3.94. The monoisotopic (exact) mass is 298 g/mol. The largest absolute Gasteiger partial charge is 0.392 e. The maximum atomic E-state index is 12.2. The normalized spacial score (nSPS) is 27.6. The van der Waals surface area contributed by atoms with Crippen molar-refractivity contribution in [1.82, 2.24) is 0 Å². The van der Waals surface area contributed by atoms with Gasteiger partial charge in [0.25, 0.3) is 0 Å². The number of Topliss-reactive ketones (excluding diaryl/α,β-unsaturated/α-hetero) is 1. The highest BCUT2D eigenvalue weighted by atomic mass is 16.3. The van der Waals surface area contributed by atoms with Crippen LogP contribution in [0, 0.1) is 23.7 Å². The number of carbonyl (C=O) groups excluding carboxylic acids is 3. The molecule has 1 rings (SSSR count). The number of amides is 2. The van der Waals surface area contributed by atoms with Gasteiger partial charge in [-0.25, -0.2) is 0 Å². The molecule has 5 N–H and O–H groups in total. The van der Waals surface area contributed by atoms with E-state index in [9.17, 15) is 19.5 Å². The third kappa shape index (κ3) is 5.46. The Labute approximate surface area is 125 Å². The lowest BCUT2D eigenvalue weighted by Gasteiger charge is -2.34. The fourth-order valence-electron chi connectivity index (χ4n) is 3.39. The lowest BCUT2D eigenvalue weighted by atomic mass is 9.72. The minimum Gasteiger partial charge on any atom is -0.392 e. The minimum atomic E-state index is -0.855. The first-order valence-electron chi connectivity index (χ1n) is 7.49. The first-order valence-corrected chi connectivity index (χ1v) is 7.49. The summed E-state index contributed by atoms with van der Waals surface area (Å²) in [6, 6.07) is 0. The van der Waals surface area contributed by atoms with Crippen molar-refractivity contribution in [1.29, 1.82) is 0 Å². The molecule has 6 heteroatoms. The predicted octanol–water partition coefficient (Wildman–Crippen LogP) is 0.356. The number of nitrogens with two attached hydrogens (primary N) is 2. The lowest BCUT2D eigenvalue weighted by molar-refractivity contribution is -0.134. The number of hydrogen-bond donors (Lipinski definition) is 3. The van der Waals surface area contributed by atoms with Gasteiger partial charge in [0.1, 0.15) is 5.78 Å². The van der Waals surface area contributed by atoms with E-state index in [1.807, 2.05) is 6.92 Å². The second kappa shape index (κ2) is 7.54. The first kappa shape index (κ1) is 17.6. The molecular formula is C15H26N2O4. The van der Waals surface area contributed by atoms with Crippen LogP contribution < -0.4 is 11.5 Å². The summed E-state index contributed by atoms with van der Waals surface area (Å²) in [5, 5.41) is 10.4. The van der Waals surface area contributed by atoms with Gasteiger partial charge in [-0.05, 0) is 31.1 Å². The van der Waals surface area contributed by atoms with Crippen molar-refractivity contribution in [3.63, 3.8) is 0 Å². The molecule has 2 amide bonds. The summed E-state index contributed by atoms with van der Waals surface area (Å²) in [4.78, 5) is 34.3. The van der Waals surface area contributed by atoms with Gasteiger partial charge in [0, 0.05) is 24.7 Å². The third-order valence-corrected chi connectivity index (χ3v) is 4.28. The van der Waals surface area contributed by atoms with Gasteiger partial charge < -0.3 is 16.6 Å². The SMILES string of the molecule is CC1CC(C)C(=O)C(C(O)CC(CC(N)=O)CC(N)=O)C1. The van der Waals surface area contributed by atoms with Crippen LogP contribution in [-0.2, 0) is 14.4 Å². The molecule has 1 fully saturated rings. The molecule has 0 aromatic heterocycles. The van der Waals surface area contributed by atoms with E-state index in [2.05, 4.69) is 6.92 Å². The lowest BCUT2D eigenvalue weighted by Crippen LogP contribution is -2.39. The molecule has 0 heterocycles. The molecule has 1 saturated carbocycles. The average Bonchev–Trinajstić information content (AvgIpc) is 2.31. The van der Waals surface area contributed by atoms with Crippen molar-refractivity contribution in [2.45, 2.75) is 52.1 Å². The van der Waals surface area contributed by atoms with E-state index in [-0.39, 0.29) is 31.0 Å². The fraction of sp³-hybridized carbons (Fsp3) is 0.800. The first-order chi connectivity index (χ1) is 9.70. The van der Waals surface area contributed by atoms with Crippen LogP contribution in [0.5, 0.6) is 0 Å². The van der Waals surface area contributed by atoms with Crippen molar-refractivity contribution in [2.75, 3.05) is 0 Å². The number of primary amides is 2. The fourth-order valence-corrected chi connectivity index (χ4v) is 3.39. The van der Waals surface area contributed by atoms with Crippen LogP contribution in [0.3, 0.4) is 0 Å². The molecule has 1 aliphatic carbocycles. The highest BCUT2D eigenvalue weighted by Crippen LogP contribution is 2.34. The molecule has 4 unspecified atom stereocenters. The van der Waals surface area contributed by atoms with E-state index < -0.39 is 29.8 Å². The van der Waals surface area contributed by atoms with E-state index in [1.165, 1.54) is 0 Å². The maximum Gasteiger partial charge on any atom is 0.217 e. The molecule has 0 bridgehead atoms. The molecular weight excluding hydrogens is 272 g/mol. The molecule has 6 nitrogen and oxygen atoms in total. The van der Waals surface area contributed by atoms with Gasteiger partial charge in [-0.15, -0.1) is 0 Å². The zero-order valence-electron chi connectivity index (χ0n) is 12.7. The number of hydrogen-bond acceptors (Lipinski definition) is 4. The molecule has 0 radical (unpaired) electrons. The predicted molar refractivity (Wildman–Crippen MR) is 77.8 cm³/mol. The van der Waals surface area contributed by atoms with Crippen molar-refractivity contribution in [3.8, 4) is 0 Å². The zero-order chi connectivity index (χ0) is 16.2. The number of rotatable bonds is 7. The maximum absolute atomic E-state index is 12.2. The zero-order valence-corrected chi connectivity index (χ0v) is 12.7. The van der Waals surface area contributed by atoms with E-state index in [0.717, 1.165) is 6.42 Å². The molecule has 0 spiro atoms. The molecule has 0 aromatic carbocycles. The number of aliphatic hydroxyl groups excluding tert-OH is 1. The second-order valence-electron chi connectivity index (χ2n) is 6.50. The van der Waals surface area contributed by atoms with Crippen LogP contribution in [0.25, 0.3) is 0 Å². The number of aliphatic hydroxyl groups is 1. The van der Waals surface area contributed by atoms with Crippen molar-refractivity contribution in [2.24, 2.45) is 35.1 Å². The topological polar surface area (TPSA) is 123 Å². The van der Waals surface area contributed by atoms with Gasteiger partial charge in [-0.2, -0.15) is 0 Å². The van der Waals surface area contributed by atoms with Crippen LogP contribution in [-0.4, -0.2) is 28.8 Å². The Morgan fingerprint density at radius 1 is 1.19 bits per heavy atom. The smallest absolute Gasteiger partial charge is 0.217 e. The van der Waals surface area contributed by atoms with E-state index in [4.69, 9.17) is 11.5 Å². The Kier molecular flexibility index (Phi) is 6.33. The summed E-state index contributed by atoms with van der Waals surface area (Å²) in [6.07, 6.45) is 0.810. The molecule has 1 aliphatic rings.